The van der Waals surface area contributed by atoms with Crippen LogP contribution >= 0.6 is 0 Å². The average Bonchev–Trinajstić information content (AvgIpc) is 2.90. The maximum Gasteiger partial charge on any atom is 0.308 e. The molecule has 1 aliphatic rings. The standard InChI is InChI=1S/C13H20N4O2/c1-3-16(4-2)11-7-12(15-9-14-11)17-6-5-10(8-17)13(18)19/h7,9-10H,3-6,8H2,1-2H3,(H,18,19). The summed E-state index contributed by atoms with van der Waals surface area (Å²) in [6, 6.07) is 1.94. The Hall–Kier alpha value is -1.85. The van der Waals surface area contributed by atoms with Crippen LogP contribution in [0.5, 0.6) is 0 Å². The van der Waals surface area contributed by atoms with Crippen molar-refractivity contribution in [3.63, 3.8) is 0 Å². The van der Waals surface area contributed by atoms with Crippen LogP contribution in [-0.4, -0.2) is 47.2 Å². The highest BCUT2D eigenvalue weighted by Gasteiger charge is 2.28. The summed E-state index contributed by atoms with van der Waals surface area (Å²) >= 11 is 0. The molecule has 0 amide bonds. The summed E-state index contributed by atoms with van der Waals surface area (Å²) in [6.45, 7) is 7.23. The SMILES string of the molecule is CCN(CC)c1cc(N2CCC(C(=O)O)C2)ncn1. The molecule has 104 valence electrons. The molecule has 1 saturated heterocycles. The molecule has 1 aromatic rings. The van der Waals surface area contributed by atoms with Crippen molar-refractivity contribution < 1.29 is 9.90 Å². The molecule has 1 N–H and O–H groups in total. The monoisotopic (exact) mass is 264 g/mol. The fraction of sp³-hybridized carbons (Fsp3) is 0.615. The minimum absolute atomic E-state index is 0.285. The van der Waals surface area contributed by atoms with Crippen molar-refractivity contribution in [3.8, 4) is 0 Å². The molecule has 1 atom stereocenters. The van der Waals surface area contributed by atoms with E-state index in [1.165, 1.54) is 0 Å². The summed E-state index contributed by atoms with van der Waals surface area (Å²) < 4.78 is 0. The Bertz CT molecular complexity index is 448. The van der Waals surface area contributed by atoms with Crippen molar-refractivity contribution >= 4 is 17.6 Å². The van der Waals surface area contributed by atoms with Gasteiger partial charge in [-0.1, -0.05) is 0 Å². The highest BCUT2D eigenvalue weighted by atomic mass is 16.4. The molecule has 0 aromatic carbocycles. The van der Waals surface area contributed by atoms with E-state index in [-0.39, 0.29) is 5.92 Å². The molecule has 0 spiro atoms. The lowest BCUT2D eigenvalue weighted by atomic mass is 10.1. The molecule has 0 saturated carbocycles. The number of carboxylic acid groups (broad SMARTS) is 1. The van der Waals surface area contributed by atoms with Crippen LogP contribution in [-0.2, 0) is 4.79 Å². The molecular formula is C13H20N4O2. The quantitative estimate of drug-likeness (QED) is 0.862. The van der Waals surface area contributed by atoms with Crippen LogP contribution in [0.1, 0.15) is 20.3 Å². The first-order chi connectivity index (χ1) is 9.15. The van der Waals surface area contributed by atoms with Crippen LogP contribution in [0.15, 0.2) is 12.4 Å². The zero-order valence-corrected chi connectivity index (χ0v) is 11.4. The third-order valence-electron chi connectivity index (χ3n) is 3.59. The Kier molecular flexibility index (Phi) is 4.19. The summed E-state index contributed by atoms with van der Waals surface area (Å²) in [5.41, 5.74) is 0. The molecule has 0 aliphatic carbocycles. The molecule has 6 heteroatoms. The molecule has 1 aromatic heterocycles. The van der Waals surface area contributed by atoms with E-state index in [1.807, 2.05) is 11.0 Å². The number of anilines is 2. The van der Waals surface area contributed by atoms with Crippen LogP contribution in [0.4, 0.5) is 11.6 Å². The van der Waals surface area contributed by atoms with Gasteiger partial charge in [-0.05, 0) is 20.3 Å². The van der Waals surface area contributed by atoms with Crippen LogP contribution in [0.25, 0.3) is 0 Å². The Morgan fingerprint density at radius 2 is 2.21 bits per heavy atom. The van der Waals surface area contributed by atoms with Gasteiger partial charge in [0.05, 0.1) is 5.92 Å². The molecule has 19 heavy (non-hydrogen) atoms. The number of aliphatic carboxylic acids is 1. The van der Waals surface area contributed by atoms with E-state index in [4.69, 9.17) is 5.11 Å². The van der Waals surface area contributed by atoms with Gasteiger partial charge in [-0.3, -0.25) is 4.79 Å². The smallest absolute Gasteiger partial charge is 0.308 e. The van der Waals surface area contributed by atoms with Crippen LogP contribution in [0, 0.1) is 5.92 Å². The second-order valence-corrected chi connectivity index (χ2v) is 4.68. The first-order valence-corrected chi connectivity index (χ1v) is 6.70. The fourth-order valence-electron chi connectivity index (χ4n) is 2.40. The molecule has 0 radical (unpaired) electrons. The zero-order chi connectivity index (χ0) is 13.8. The highest BCUT2D eigenvalue weighted by Crippen LogP contribution is 2.24. The number of carboxylic acids is 1. The van der Waals surface area contributed by atoms with Crippen molar-refractivity contribution in [1.29, 1.82) is 0 Å². The number of aromatic nitrogens is 2. The molecule has 1 fully saturated rings. The predicted molar refractivity (Wildman–Crippen MR) is 73.5 cm³/mol. The first-order valence-electron chi connectivity index (χ1n) is 6.70. The number of hydrogen-bond acceptors (Lipinski definition) is 5. The molecule has 1 unspecified atom stereocenters. The lowest BCUT2D eigenvalue weighted by molar-refractivity contribution is -0.140. The molecule has 2 rings (SSSR count). The Labute approximate surface area is 113 Å². The van der Waals surface area contributed by atoms with E-state index in [9.17, 15) is 4.79 Å². The second-order valence-electron chi connectivity index (χ2n) is 4.68. The van der Waals surface area contributed by atoms with Gasteiger partial charge in [0.2, 0.25) is 0 Å². The number of nitrogens with zero attached hydrogens (tertiary/aromatic N) is 4. The topological polar surface area (TPSA) is 69.6 Å². The third-order valence-corrected chi connectivity index (χ3v) is 3.59. The maximum atomic E-state index is 11.0. The summed E-state index contributed by atoms with van der Waals surface area (Å²) in [7, 11) is 0. The average molecular weight is 264 g/mol. The Morgan fingerprint density at radius 3 is 2.79 bits per heavy atom. The van der Waals surface area contributed by atoms with Crippen molar-refractivity contribution in [1.82, 2.24) is 9.97 Å². The van der Waals surface area contributed by atoms with Gasteiger partial charge in [-0.2, -0.15) is 0 Å². The van der Waals surface area contributed by atoms with Crippen LogP contribution < -0.4 is 9.80 Å². The fourth-order valence-corrected chi connectivity index (χ4v) is 2.40. The first kappa shape index (κ1) is 13.6. The van der Waals surface area contributed by atoms with Gasteiger partial charge in [0.1, 0.15) is 18.0 Å². The van der Waals surface area contributed by atoms with E-state index < -0.39 is 5.97 Å². The van der Waals surface area contributed by atoms with E-state index in [1.54, 1.807) is 6.33 Å². The molecule has 2 heterocycles. The van der Waals surface area contributed by atoms with Gasteiger partial charge in [0.15, 0.2) is 0 Å². The highest BCUT2D eigenvalue weighted by molar-refractivity contribution is 5.72. The molecule has 6 nitrogen and oxygen atoms in total. The third kappa shape index (κ3) is 2.94. The van der Waals surface area contributed by atoms with Crippen LogP contribution in [0.3, 0.4) is 0 Å². The number of hydrogen-bond donors (Lipinski definition) is 1. The van der Waals surface area contributed by atoms with Crippen molar-refractivity contribution in [3.05, 3.63) is 12.4 Å². The lowest BCUT2D eigenvalue weighted by Crippen LogP contribution is -2.26. The summed E-state index contributed by atoms with van der Waals surface area (Å²) in [6.07, 6.45) is 2.23. The van der Waals surface area contributed by atoms with E-state index in [0.717, 1.165) is 31.3 Å². The lowest BCUT2D eigenvalue weighted by Gasteiger charge is -2.22. The van der Waals surface area contributed by atoms with Crippen molar-refractivity contribution in [2.75, 3.05) is 36.0 Å². The maximum absolute atomic E-state index is 11.0. The van der Waals surface area contributed by atoms with Gasteiger partial charge >= 0.3 is 5.97 Å². The van der Waals surface area contributed by atoms with E-state index in [0.29, 0.717) is 13.0 Å². The van der Waals surface area contributed by atoms with Gasteiger partial charge in [-0.25, -0.2) is 9.97 Å². The van der Waals surface area contributed by atoms with E-state index >= 15 is 0 Å². The minimum Gasteiger partial charge on any atom is -0.481 e. The van der Waals surface area contributed by atoms with Crippen molar-refractivity contribution in [2.24, 2.45) is 5.92 Å². The van der Waals surface area contributed by atoms with Crippen molar-refractivity contribution in [2.45, 2.75) is 20.3 Å². The number of rotatable bonds is 5. The molecular weight excluding hydrogens is 244 g/mol. The van der Waals surface area contributed by atoms with E-state index in [2.05, 4.69) is 28.7 Å². The van der Waals surface area contributed by atoms with Gasteiger partial charge < -0.3 is 14.9 Å². The largest absolute Gasteiger partial charge is 0.481 e. The van der Waals surface area contributed by atoms with Gasteiger partial charge in [0.25, 0.3) is 0 Å². The number of carbonyl (C=O) groups is 1. The zero-order valence-electron chi connectivity index (χ0n) is 11.4. The molecule has 0 bridgehead atoms. The Balaban J connectivity index is 2.13. The normalized spacial score (nSPS) is 18.6. The Morgan fingerprint density at radius 1 is 1.47 bits per heavy atom. The van der Waals surface area contributed by atoms with Gasteiger partial charge in [-0.15, -0.1) is 0 Å². The van der Waals surface area contributed by atoms with Gasteiger partial charge in [0, 0.05) is 32.2 Å². The molecule has 1 aliphatic heterocycles. The summed E-state index contributed by atoms with van der Waals surface area (Å²) in [4.78, 5) is 23.7. The predicted octanol–water partition coefficient (Wildman–Crippen LogP) is 1.23. The summed E-state index contributed by atoms with van der Waals surface area (Å²) in [5, 5.41) is 9.03. The van der Waals surface area contributed by atoms with Crippen LogP contribution in [0.2, 0.25) is 0 Å². The second kappa shape index (κ2) is 5.86. The minimum atomic E-state index is -0.722. The summed E-state index contributed by atoms with van der Waals surface area (Å²) in [5.74, 6) is 0.710.